The van der Waals surface area contributed by atoms with Gasteiger partial charge in [-0.05, 0) is 42.0 Å². The minimum Gasteiger partial charge on any atom is -0.465 e. The van der Waals surface area contributed by atoms with Crippen LogP contribution in [-0.4, -0.2) is 19.0 Å². The van der Waals surface area contributed by atoms with Gasteiger partial charge in [0.05, 0.1) is 12.7 Å². The second-order valence-electron chi connectivity index (χ2n) is 4.63. The van der Waals surface area contributed by atoms with Gasteiger partial charge in [0.1, 0.15) is 17.4 Å². The van der Waals surface area contributed by atoms with E-state index in [1.807, 2.05) is 0 Å². The zero-order valence-corrected chi connectivity index (χ0v) is 13.4. The third kappa shape index (κ3) is 4.45. The largest absolute Gasteiger partial charge is 0.465 e. The summed E-state index contributed by atoms with van der Waals surface area (Å²) in [5, 5.41) is 9.39. The van der Waals surface area contributed by atoms with Gasteiger partial charge >= 0.3 is 11.9 Å². The van der Waals surface area contributed by atoms with Crippen molar-refractivity contribution in [2.75, 3.05) is 7.11 Å². The van der Waals surface area contributed by atoms with E-state index < -0.39 is 11.9 Å². The Morgan fingerprint density at radius 3 is 2.58 bits per heavy atom. The maximum Gasteiger partial charge on any atom is 0.348 e. The number of esters is 2. The lowest BCUT2D eigenvalue weighted by Crippen LogP contribution is -2.08. The van der Waals surface area contributed by atoms with E-state index in [2.05, 4.69) is 4.74 Å². The van der Waals surface area contributed by atoms with Crippen molar-refractivity contribution in [1.29, 1.82) is 5.26 Å². The van der Waals surface area contributed by atoms with Crippen molar-refractivity contribution in [3.63, 3.8) is 0 Å². The number of benzene rings is 2. The Kier molecular flexibility index (Phi) is 5.72. The second kappa shape index (κ2) is 7.95. The van der Waals surface area contributed by atoms with E-state index >= 15 is 0 Å². The number of nitrogens with zero attached hydrogens (tertiary/aromatic N) is 1. The molecule has 0 aliphatic rings. The van der Waals surface area contributed by atoms with Crippen LogP contribution in [-0.2, 0) is 9.53 Å². The molecular formula is C18H12ClNO4. The van der Waals surface area contributed by atoms with Crippen molar-refractivity contribution in [1.82, 2.24) is 0 Å². The molecular weight excluding hydrogens is 330 g/mol. The van der Waals surface area contributed by atoms with E-state index in [1.54, 1.807) is 42.5 Å². The number of carbonyl (C=O) groups excluding carboxylic acids is 2. The summed E-state index contributed by atoms with van der Waals surface area (Å²) >= 11 is 5.84. The fourth-order valence-corrected chi connectivity index (χ4v) is 2.05. The van der Waals surface area contributed by atoms with E-state index in [1.165, 1.54) is 25.3 Å². The van der Waals surface area contributed by atoms with Crippen LogP contribution in [0.5, 0.6) is 5.75 Å². The molecule has 0 fully saturated rings. The minimum atomic E-state index is -0.737. The highest BCUT2D eigenvalue weighted by molar-refractivity contribution is 6.30. The highest BCUT2D eigenvalue weighted by atomic mass is 35.5. The Labute approximate surface area is 143 Å². The van der Waals surface area contributed by atoms with Gasteiger partial charge in [0.15, 0.2) is 0 Å². The lowest BCUT2D eigenvalue weighted by Gasteiger charge is -2.05. The number of rotatable bonds is 4. The fourth-order valence-electron chi connectivity index (χ4n) is 1.86. The molecule has 120 valence electrons. The normalized spacial score (nSPS) is 10.6. The zero-order chi connectivity index (χ0) is 17.5. The fraction of sp³-hybridized carbons (Fsp3) is 0.0556. The van der Waals surface area contributed by atoms with Crippen LogP contribution < -0.4 is 4.74 Å². The van der Waals surface area contributed by atoms with E-state index in [0.29, 0.717) is 16.1 Å². The lowest BCUT2D eigenvalue weighted by atomic mass is 10.1. The van der Waals surface area contributed by atoms with Gasteiger partial charge in [-0.3, -0.25) is 0 Å². The molecule has 0 atom stereocenters. The molecule has 24 heavy (non-hydrogen) atoms. The molecule has 0 radical (unpaired) electrons. The summed E-state index contributed by atoms with van der Waals surface area (Å²) in [5.74, 6) is -1.03. The SMILES string of the molecule is COC(=O)/C(C#N)=C/c1cccc(OC(=O)c2cccc(Cl)c2)c1. The van der Waals surface area contributed by atoms with Crippen LogP contribution in [0.25, 0.3) is 6.08 Å². The van der Waals surface area contributed by atoms with Crippen molar-refractivity contribution >= 4 is 29.6 Å². The maximum absolute atomic E-state index is 12.1. The number of nitriles is 1. The van der Waals surface area contributed by atoms with Gasteiger partial charge in [-0.25, -0.2) is 9.59 Å². The summed E-state index contributed by atoms with van der Waals surface area (Å²) in [4.78, 5) is 23.5. The molecule has 0 spiro atoms. The predicted molar refractivity (Wildman–Crippen MR) is 88.5 cm³/mol. The lowest BCUT2D eigenvalue weighted by molar-refractivity contribution is -0.135. The molecule has 0 saturated heterocycles. The zero-order valence-electron chi connectivity index (χ0n) is 12.7. The number of hydrogen-bond donors (Lipinski definition) is 0. The Balaban J connectivity index is 2.22. The topological polar surface area (TPSA) is 76.4 Å². The molecule has 5 nitrogen and oxygen atoms in total. The number of hydrogen-bond acceptors (Lipinski definition) is 5. The van der Waals surface area contributed by atoms with E-state index in [9.17, 15) is 9.59 Å². The molecule has 0 aromatic heterocycles. The molecule has 2 aromatic carbocycles. The first-order valence-electron chi connectivity index (χ1n) is 6.81. The molecule has 0 heterocycles. The number of ether oxygens (including phenoxy) is 2. The minimum absolute atomic E-state index is 0.157. The van der Waals surface area contributed by atoms with Crippen molar-refractivity contribution in [3.8, 4) is 11.8 Å². The monoisotopic (exact) mass is 341 g/mol. The molecule has 2 rings (SSSR count). The Morgan fingerprint density at radius 1 is 1.17 bits per heavy atom. The van der Waals surface area contributed by atoms with Crippen molar-refractivity contribution in [2.24, 2.45) is 0 Å². The smallest absolute Gasteiger partial charge is 0.348 e. The van der Waals surface area contributed by atoms with Gasteiger partial charge in [-0.15, -0.1) is 0 Å². The Morgan fingerprint density at radius 2 is 1.92 bits per heavy atom. The summed E-state index contributed by atoms with van der Waals surface area (Å²) in [7, 11) is 1.19. The summed E-state index contributed by atoms with van der Waals surface area (Å²) in [6, 6.07) is 14.6. The third-order valence-electron chi connectivity index (χ3n) is 2.97. The van der Waals surface area contributed by atoms with Gasteiger partial charge in [0.25, 0.3) is 0 Å². The van der Waals surface area contributed by atoms with E-state index in [-0.39, 0.29) is 11.3 Å². The van der Waals surface area contributed by atoms with Gasteiger partial charge in [-0.1, -0.05) is 29.8 Å². The van der Waals surface area contributed by atoms with Gasteiger partial charge in [0, 0.05) is 5.02 Å². The molecule has 0 bridgehead atoms. The van der Waals surface area contributed by atoms with Crippen molar-refractivity contribution < 1.29 is 19.1 Å². The van der Waals surface area contributed by atoms with Crippen molar-refractivity contribution in [3.05, 3.63) is 70.3 Å². The number of halogens is 1. The molecule has 0 aliphatic carbocycles. The molecule has 0 unspecified atom stereocenters. The highest BCUT2D eigenvalue weighted by Gasteiger charge is 2.11. The molecule has 0 aliphatic heterocycles. The molecule has 0 amide bonds. The Bertz CT molecular complexity index is 852. The molecule has 0 saturated carbocycles. The molecule has 0 N–H and O–H groups in total. The Hall–Kier alpha value is -3.10. The summed E-state index contributed by atoms with van der Waals surface area (Å²) < 4.78 is 9.78. The average Bonchev–Trinajstić information content (AvgIpc) is 2.59. The average molecular weight is 342 g/mol. The van der Waals surface area contributed by atoms with Crippen LogP contribution in [0.4, 0.5) is 0 Å². The van der Waals surface area contributed by atoms with Crippen LogP contribution >= 0.6 is 11.6 Å². The molecule has 2 aromatic rings. The first-order valence-corrected chi connectivity index (χ1v) is 7.19. The summed E-state index contributed by atoms with van der Waals surface area (Å²) in [5.41, 5.74) is 0.680. The van der Waals surface area contributed by atoms with Gasteiger partial charge in [-0.2, -0.15) is 5.26 Å². The summed E-state index contributed by atoms with van der Waals surface area (Å²) in [6.07, 6.45) is 1.35. The van der Waals surface area contributed by atoms with Crippen molar-refractivity contribution in [2.45, 2.75) is 0 Å². The number of methoxy groups -OCH3 is 1. The third-order valence-corrected chi connectivity index (χ3v) is 3.20. The second-order valence-corrected chi connectivity index (χ2v) is 5.07. The first-order chi connectivity index (χ1) is 11.5. The van der Waals surface area contributed by atoms with Crippen LogP contribution in [0.3, 0.4) is 0 Å². The predicted octanol–water partition coefficient (Wildman–Crippen LogP) is 3.64. The standard InChI is InChI=1S/C18H12ClNO4/c1-23-17(21)14(11-20)8-12-4-2-7-16(9-12)24-18(22)13-5-3-6-15(19)10-13/h2-10H,1H3/b14-8+. The quantitative estimate of drug-likeness (QED) is 0.367. The van der Waals surface area contributed by atoms with E-state index in [4.69, 9.17) is 21.6 Å². The highest BCUT2D eigenvalue weighted by Crippen LogP contribution is 2.19. The van der Waals surface area contributed by atoms with Crippen LogP contribution in [0, 0.1) is 11.3 Å². The number of carbonyl (C=O) groups is 2. The molecule has 6 heteroatoms. The van der Waals surface area contributed by atoms with Crippen LogP contribution in [0.2, 0.25) is 5.02 Å². The first kappa shape index (κ1) is 17.3. The van der Waals surface area contributed by atoms with Gasteiger partial charge < -0.3 is 9.47 Å². The summed E-state index contributed by atoms with van der Waals surface area (Å²) in [6.45, 7) is 0. The van der Waals surface area contributed by atoms with E-state index in [0.717, 1.165) is 0 Å². The van der Waals surface area contributed by atoms with Crippen LogP contribution in [0.1, 0.15) is 15.9 Å². The van der Waals surface area contributed by atoms with Gasteiger partial charge in [0.2, 0.25) is 0 Å². The van der Waals surface area contributed by atoms with Crippen LogP contribution in [0.15, 0.2) is 54.1 Å². The maximum atomic E-state index is 12.1.